The van der Waals surface area contributed by atoms with Crippen LogP contribution in [0.5, 0.6) is 0 Å². The molecule has 4 N–H and O–H groups in total. The lowest BCUT2D eigenvalue weighted by Gasteiger charge is -2.21. The zero-order chi connectivity index (χ0) is 21.8. The van der Waals surface area contributed by atoms with Gasteiger partial charge >= 0.3 is 5.97 Å². The Morgan fingerprint density at radius 1 is 1.28 bits per heavy atom. The first-order chi connectivity index (χ1) is 13.5. The first kappa shape index (κ1) is 21.9. The van der Waals surface area contributed by atoms with Crippen LogP contribution in [0.1, 0.15) is 25.5 Å². The molecule has 0 unspecified atom stereocenters. The molecule has 0 aliphatic carbocycles. The van der Waals surface area contributed by atoms with E-state index in [0.29, 0.717) is 9.99 Å². The molecular weight excluding hydrogens is 404 g/mol. The smallest absolute Gasteiger partial charge is 0.326 e. The van der Waals surface area contributed by atoms with Crippen LogP contribution in [0, 0.1) is 6.92 Å². The lowest BCUT2D eigenvalue weighted by Crippen LogP contribution is -2.42. The average molecular weight is 424 g/mol. The Bertz CT molecular complexity index is 1010. The molecule has 0 radical (unpaired) electrons. The van der Waals surface area contributed by atoms with Gasteiger partial charge in [0.2, 0.25) is 11.8 Å². The predicted molar refractivity (Wildman–Crippen MR) is 101 cm³/mol. The summed E-state index contributed by atoms with van der Waals surface area (Å²) in [6, 6.07) is 5.10. The van der Waals surface area contributed by atoms with E-state index in [0.717, 1.165) is 6.92 Å². The second kappa shape index (κ2) is 8.73. The third-order valence-electron chi connectivity index (χ3n) is 3.79. The summed E-state index contributed by atoms with van der Waals surface area (Å²) < 4.78 is 31.4. The van der Waals surface area contributed by atoms with Crippen molar-refractivity contribution in [2.24, 2.45) is 0 Å². The third kappa shape index (κ3) is 5.31. The van der Waals surface area contributed by atoms with E-state index in [9.17, 15) is 22.8 Å². The summed E-state index contributed by atoms with van der Waals surface area (Å²) in [4.78, 5) is 35.0. The highest BCUT2D eigenvalue weighted by molar-refractivity contribution is 7.93. The van der Waals surface area contributed by atoms with Gasteiger partial charge in [0.25, 0.3) is 10.0 Å². The highest BCUT2D eigenvalue weighted by Crippen LogP contribution is 2.25. The summed E-state index contributed by atoms with van der Waals surface area (Å²) in [5.41, 5.74) is 5.91. The van der Waals surface area contributed by atoms with Crippen LogP contribution in [0.2, 0.25) is 0 Å². The normalized spacial score (nSPS) is 12.2. The summed E-state index contributed by atoms with van der Waals surface area (Å²) in [5.74, 6) is -2.88. The van der Waals surface area contributed by atoms with Gasteiger partial charge in [-0.05, 0) is 37.6 Å². The number of amides is 2. The number of carboxylic acids is 1. The van der Waals surface area contributed by atoms with Gasteiger partial charge in [0.15, 0.2) is 5.82 Å². The molecular formula is C17H20N4O7S. The van der Waals surface area contributed by atoms with E-state index < -0.39 is 40.3 Å². The zero-order valence-corrected chi connectivity index (χ0v) is 16.5. The van der Waals surface area contributed by atoms with Crippen molar-refractivity contribution in [1.82, 2.24) is 10.5 Å². The van der Waals surface area contributed by atoms with Crippen molar-refractivity contribution in [1.29, 1.82) is 0 Å². The standard InChI is InChI=1S/C17H20N4O7S/c1-10-9-15(20-28-10)21(29(26,27)13-5-3-12(18)4-6-13)16(23)8-7-14(17(24)25)19-11(2)22/h3-6,9,14H,7-8,18H2,1-2H3,(H,19,22)(H,24,25)/t14-/m0/s1. The van der Waals surface area contributed by atoms with E-state index in [1.54, 1.807) is 0 Å². The van der Waals surface area contributed by atoms with Gasteiger partial charge in [0.05, 0.1) is 4.90 Å². The van der Waals surface area contributed by atoms with Crippen LogP contribution in [0.25, 0.3) is 0 Å². The number of aliphatic carboxylic acids is 1. The molecule has 0 fully saturated rings. The van der Waals surface area contributed by atoms with Crippen LogP contribution >= 0.6 is 0 Å². The van der Waals surface area contributed by atoms with E-state index in [1.807, 2.05) is 0 Å². The molecule has 11 nitrogen and oxygen atoms in total. The largest absolute Gasteiger partial charge is 0.480 e. The minimum Gasteiger partial charge on any atom is -0.480 e. The number of nitrogens with one attached hydrogen (secondary N) is 1. The number of nitrogens with two attached hydrogens (primary N) is 1. The summed E-state index contributed by atoms with van der Waals surface area (Å²) in [7, 11) is -4.38. The van der Waals surface area contributed by atoms with Crippen molar-refractivity contribution in [3.8, 4) is 0 Å². The lowest BCUT2D eigenvalue weighted by molar-refractivity contribution is -0.141. The quantitative estimate of drug-likeness (QED) is 0.514. The Kier molecular flexibility index (Phi) is 6.59. The molecule has 2 amide bonds. The Balaban J connectivity index is 2.36. The van der Waals surface area contributed by atoms with E-state index >= 15 is 0 Å². The number of nitrogen functional groups attached to an aromatic ring is 1. The lowest BCUT2D eigenvalue weighted by atomic mass is 10.1. The van der Waals surface area contributed by atoms with Crippen LogP contribution in [0.3, 0.4) is 0 Å². The van der Waals surface area contributed by atoms with Crippen molar-refractivity contribution >= 4 is 39.3 Å². The van der Waals surface area contributed by atoms with Crippen molar-refractivity contribution in [2.45, 2.75) is 37.6 Å². The Morgan fingerprint density at radius 2 is 1.90 bits per heavy atom. The molecule has 1 heterocycles. The van der Waals surface area contributed by atoms with Crippen LogP contribution in [-0.4, -0.2) is 42.5 Å². The van der Waals surface area contributed by atoms with E-state index in [2.05, 4.69) is 10.5 Å². The first-order valence-electron chi connectivity index (χ1n) is 8.39. The van der Waals surface area contributed by atoms with Gasteiger partial charge in [-0.2, -0.15) is 4.31 Å². The van der Waals surface area contributed by atoms with Crippen molar-refractivity contribution in [3.05, 3.63) is 36.1 Å². The monoisotopic (exact) mass is 424 g/mol. The highest BCUT2D eigenvalue weighted by atomic mass is 32.2. The Hall–Kier alpha value is -3.41. The van der Waals surface area contributed by atoms with E-state index in [4.69, 9.17) is 15.4 Å². The van der Waals surface area contributed by atoms with Crippen molar-refractivity contribution in [3.63, 3.8) is 0 Å². The number of carbonyl (C=O) groups is 3. The fourth-order valence-corrected chi connectivity index (χ4v) is 3.83. The molecule has 0 saturated heterocycles. The number of rotatable bonds is 8. The summed E-state index contributed by atoms with van der Waals surface area (Å²) in [5, 5.41) is 14.9. The van der Waals surface area contributed by atoms with E-state index in [1.165, 1.54) is 37.3 Å². The molecule has 12 heteroatoms. The molecule has 0 spiro atoms. The minimum absolute atomic E-state index is 0.211. The number of benzene rings is 1. The predicted octanol–water partition coefficient (Wildman–Crippen LogP) is 0.657. The Morgan fingerprint density at radius 3 is 2.38 bits per heavy atom. The number of carboxylic acid groups (broad SMARTS) is 1. The Labute approximate surface area is 166 Å². The van der Waals surface area contributed by atoms with Crippen LogP contribution in [-0.2, 0) is 24.4 Å². The maximum absolute atomic E-state index is 13.0. The van der Waals surface area contributed by atoms with Crippen molar-refractivity contribution in [2.75, 3.05) is 10.0 Å². The van der Waals surface area contributed by atoms with Gasteiger partial charge < -0.3 is 20.7 Å². The van der Waals surface area contributed by atoms with Gasteiger partial charge in [-0.1, -0.05) is 5.16 Å². The molecule has 0 aliphatic heterocycles. The summed E-state index contributed by atoms with van der Waals surface area (Å²) >= 11 is 0. The number of hydrogen-bond acceptors (Lipinski definition) is 8. The first-order valence-corrected chi connectivity index (χ1v) is 9.83. The van der Waals surface area contributed by atoms with Gasteiger partial charge in [-0.25, -0.2) is 13.2 Å². The number of aromatic nitrogens is 1. The molecule has 0 saturated carbocycles. The second-order valence-electron chi connectivity index (χ2n) is 6.16. The topological polar surface area (TPSA) is 173 Å². The number of aryl methyl sites for hydroxylation is 1. The number of nitrogens with zero attached hydrogens (tertiary/aromatic N) is 2. The number of sulfonamides is 1. The van der Waals surface area contributed by atoms with Crippen LogP contribution in [0.4, 0.5) is 11.5 Å². The average Bonchev–Trinajstić information content (AvgIpc) is 3.04. The molecule has 1 atom stereocenters. The fourth-order valence-electron chi connectivity index (χ4n) is 2.45. The molecule has 156 valence electrons. The van der Waals surface area contributed by atoms with Crippen LogP contribution < -0.4 is 15.4 Å². The van der Waals surface area contributed by atoms with Gasteiger partial charge in [-0.3, -0.25) is 9.59 Å². The third-order valence-corrected chi connectivity index (χ3v) is 5.53. The molecule has 1 aromatic heterocycles. The summed E-state index contributed by atoms with van der Waals surface area (Å²) in [6.45, 7) is 2.65. The maximum Gasteiger partial charge on any atom is 0.326 e. The molecule has 2 aromatic rings. The minimum atomic E-state index is -4.38. The molecule has 0 aliphatic rings. The fraction of sp³-hybridized carbons (Fsp3) is 0.294. The second-order valence-corrected chi connectivity index (χ2v) is 7.94. The van der Waals surface area contributed by atoms with Gasteiger partial charge in [-0.15, -0.1) is 0 Å². The number of anilines is 2. The maximum atomic E-state index is 13.0. The highest BCUT2D eigenvalue weighted by Gasteiger charge is 2.34. The molecule has 1 aromatic carbocycles. The number of hydrogen-bond donors (Lipinski definition) is 3. The van der Waals surface area contributed by atoms with E-state index in [-0.39, 0.29) is 22.9 Å². The van der Waals surface area contributed by atoms with Gasteiger partial charge in [0.1, 0.15) is 11.8 Å². The summed E-state index contributed by atoms with van der Waals surface area (Å²) in [6.07, 6.45) is -0.810. The SMILES string of the molecule is CC(=O)N[C@@H](CCC(=O)N(c1cc(C)on1)S(=O)(=O)c1ccc(N)cc1)C(=O)O. The van der Waals surface area contributed by atoms with Crippen molar-refractivity contribution < 1.29 is 32.4 Å². The molecule has 2 rings (SSSR count). The molecule has 29 heavy (non-hydrogen) atoms. The van der Waals surface area contributed by atoms with Crippen LogP contribution in [0.15, 0.2) is 39.8 Å². The van der Waals surface area contributed by atoms with Gasteiger partial charge in [0, 0.05) is 25.1 Å². The molecule has 0 bridgehead atoms. The zero-order valence-electron chi connectivity index (χ0n) is 15.7. The number of carbonyl (C=O) groups excluding carboxylic acids is 2.